The third-order valence-electron chi connectivity index (χ3n) is 2.64. The summed E-state index contributed by atoms with van der Waals surface area (Å²) in [7, 11) is -3.63. The van der Waals surface area contributed by atoms with Crippen molar-refractivity contribution in [1.82, 2.24) is 4.72 Å². The summed E-state index contributed by atoms with van der Waals surface area (Å²) >= 11 is 3.15. The fraction of sp³-hybridized carbons (Fsp3) is 0.333. The van der Waals surface area contributed by atoms with Crippen LogP contribution in [0.15, 0.2) is 27.6 Å². The first-order valence-electron chi connectivity index (χ1n) is 5.80. The molecule has 0 amide bonds. The van der Waals surface area contributed by atoms with E-state index in [1.807, 2.05) is 0 Å². The van der Waals surface area contributed by atoms with Gasteiger partial charge in [0.05, 0.1) is 10.5 Å². The monoisotopic (exact) mass is 358 g/mol. The number of sulfonamides is 1. The minimum absolute atomic E-state index is 0.00323. The SMILES string of the molecule is N#CCOC(=O)c1cc(S(=O)(=O)NC2CC2)ccc1Br. The van der Waals surface area contributed by atoms with E-state index in [0.29, 0.717) is 4.47 Å². The molecule has 0 radical (unpaired) electrons. The molecule has 1 aromatic carbocycles. The van der Waals surface area contributed by atoms with Crippen LogP contribution in [0.4, 0.5) is 0 Å². The molecule has 106 valence electrons. The van der Waals surface area contributed by atoms with Crippen molar-refractivity contribution in [3.63, 3.8) is 0 Å². The number of hydrogen-bond donors (Lipinski definition) is 1. The normalized spacial score (nSPS) is 14.6. The summed E-state index contributed by atoms with van der Waals surface area (Å²) in [5, 5.41) is 8.38. The Bertz CT molecular complexity index is 677. The average molecular weight is 359 g/mol. The molecule has 1 aliphatic rings. The van der Waals surface area contributed by atoms with Crippen molar-refractivity contribution < 1.29 is 17.9 Å². The van der Waals surface area contributed by atoms with Crippen LogP contribution in [0.5, 0.6) is 0 Å². The molecule has 0 unspecified atom stereocenters. The Balaban J connectivity index is 2.28. The van der Waals surface area contributed by atoms with Gasteiger partial charge in [0, 0.05) is 10.5 Å². The van der Waals surface area contributed by atoms with E-state index >= 15 is 0 Å². The maximum absolute atomic E-state index is 12.1. The van der Waals surface area contributed by atoms with Gasteiger partial charge in [-0.2, -0.15) is 5.26 Å². The van der Waals surface area contributed by atoms with Gasteiger partial charge < -0.3 is 4.74 Å². The van der Waals surface area contributed by atoms with Gasteiger partial charge in [0.2, 0.25) is 10.0 Å². The first kappa shape index (κ1) is 15.0. The number of benzene rings is 1. The maximum Gasteiger partial charge on any atom is 0.340 e. The molecule has 2 rings (SSSR count). The van der Waals surface area contributed by atoms with Gasteiger partial charge in [-0.25, -0.2) is 17.9 Å². The second-order valence-electron chi connectivity index (χ2n) is 4.27. The van der Waals surface area contributed by atoms with Crippen LogP contribution in [0.3, 0.4) is 0 Å². The molecule has 1 aliphatic carbocycles. The zero-order valence-electron chi connectivity index (χ0n) is 10.3. The highest BCUT2D eigenvalue weighted by Crippen LogP contribution is 2.25. The molecular formula is C12H11BrN2O4S. The molecule has 0 aromatic heterocycles. The van der Waals surface area contributed by atoms with Gasteiger partial charge in [0.25, 0.3) is 0 Å². The fourth-order valence-corrected chi connectivity index (χ4v) is 3.23. The van der Waals surface area contributed by atoms with Crippen molar-refractivity contribution in [3.8, 4) is 6.07 Å². The van der Waals surface area contributed by atoms with E-state index in [-0.39, 0.29) is 23.1 Å². The first-order chi connectivity index (χ1) is 9.44. The van der Waals surface area contributed by atoms with E-state index in [9.17, 15) is 13.2 Å². The lowest BCUT2D eigenvalue weighted by atomic mass is 10.2. The minimum atomic E-state index is -3.63. The Labute approximate surface area is 124 Å². The Morgan fingerprint density at radius 2 is 2.20 bits per heavy atom. The smallest absolute Gasteiger partial charge is 0.340 e. The molecule has 0 aliphatic heterocycles. The highest BCUT2D eigenvalue weighted by Gasteiger charge is 2.28. The number of hydrogen-bond acceptors (Lipinski definition) is 5. The molecule has 0 spiro atoms. The van der Waals surface area contributed by atoms with Crippen LogP contribution in [0, 0.1) is 11.3 Å². The van der Waals surface area contributed by atoms with Gasteiger partial charge in [-0.1, -0.05) is 0 Å². The van der Waals surface area contributed by atoms with Crippen molar-refractivity contribution in [2.45, 2.75) is 23.8 Å². The summed E-state index contributed by atoms with van der Waals surface area (Å²) in [6, 6.07) is 5.75. The van der Waals surface area contributed by atoms with Crippen molar-refractivity contribution in [2.75, 3.05) is 6.61 Å². The number of carbonyl (C=O) groups excluding carboxylic acids is 1. The van der Waals surface area contributed by atoms with Gasteiger partial charge in [-0.15, -0.1) is 0 Å². The Kier molecular flexibility index (Phi) is 4.42. The lowest BCUT2D eigenvalue weighted by Gasteiger charge is -2.08. The summed E-state index contributed by atoms with van der Waals surface area (Å²) in [5.41, 5.74) is 0.0684. The van der Waals surface area contributed by atoms with Crippen molar-refractivity contribution >= 4 is 31.9 Å². The number of halogens is 1. The van der Waals surface area contributed by atoms with Crippen LogP contribution >= 0.6 is 15.9 Å². The average Bonchev–Trinajstić information content (AvgIpc) is 3.19. The predicted molar refractivity (Wildman–Crippen MR) is 73.4 cm³/mol. The minimum Gasteiger partial charge on any atom is -0.447 e. The highest BCUT2D eigenvalue weighted by molar-refractivity contribution is 9.10. The molecule has 1 aromatic rings. The molecule has 1 saturated carbocycles. The van der Waals surface area contributed by atoms with E-state index in [1.54, 1.807) is 6.07 Å². The largest absolute Gasteiger partial charge is 0.447 e. The molecule has 0 bridgehead atoms. The Hall–Kier alpha value is -1.43. The molecule has 0 saturated heterocycles. The quantitative estimate of drug-likeness (QED) is 0.805. The molecular weight excluding hydrogens is 348 g/mol. The second kappa shape index (κ2) is 5.91. The van der Waals surface area contributed by atoms with Gasteiger partial charge in [0.15, 0.2) is 6.61 Å². The van der Waals surface area contributed by atoms with E-state index in [2.05, 4.69) is 25.4 Å². The highest BCUT2D eigenvalue weighted by atomic mass is 79.9. The number of esters is 1. The number of ether oxygens (including phenoxy) is 1. The number of nitrogens with zero attached hydrogens (tertiary/aromatic N) is 1. The van der Waals surface area contributed by atoms with Crippen LogP contribution in [-0.2, 0) is 14.8 Å². The van der Waals surface area contributed by atoms with E-state index in [1.165, 1.54) is 18.2 Å². The lowest BCUT2D eigenvalue weighted by Crippen LogP contribution is -2.26. The topological polar surface area (TPSA) is 96.3 Å². The standard InChI is InChI=1S/C12H11BrN2O4S/c13-11-4-3-9(20(17,18)15-8-1-2-8)7-10(11)12(16)19-6-5-14/h3-4,7-8,15H,1-2,6H2. The van der Waals surface area contributed by atoms with Gasteiger partial charge in [0.1, 0.15) is 6.07 Å². The Morgan fingerprint density at radius 1 is 1.50 bits per heavy atom. The molecule has 1 N–H and O–H groups in total. The number of nitriles is 1. The van der Waals surface area contributed by atoms with Gasteiger partial charge in [-0.05, 0) is 47.0 Å². The Morgan fingerprint density at radius 3 is 2.80 bits per heavy atom. The molecule has 1 fully saturated rings. The van der Waals surface area contributed by atoms with Crippen LogP contribution in [0.25, 0.3) is 0 Å². The van der Waals surface area contributed by atoms with Crippen molar-refractivity contribution in [1.29, 1.82) is 5.26 Å². The third-order valence-corrected chi connectivity index (χ3v) is 4.84. The van der Waals surface area contributed by atoms with Crippen LogP contribution in [0.2, 0.25) is 0 Å². The van der Waals surface area contributed by atoms with Crippen molar-refractivity contribution in [3.05, 3.63) is 28.2 Å². The van der Waals surface area contributed by atoms with Crippen LogP contribution < -0.4 is 4.72 Å². The van der Waals surface area contributed by atoms with Crippen LogP contribution in [0.1, 0.15) is 23.2 Å². The molecule has 6 nitrogen and oxygen atoms in total. The first-order valence-corrected chi connectivity index (χ1v) is 8.07. The predicted octanol–water partition coefficient (Wildman–Crippen LogP) is 1.57. The van der Waals surface area contributed by atoms with E-state index in [4.69, 9.17) is 5.26 Å². The summed E-state index contributed by atoms with van der Waals surface area (Å²) < 4.78 is 31.7. The molecule has 8 heteroatoms. The maximum atomic E-state index is 12.1. The summed E-state index contributed by atoms with van der Waals surface area (Å²) in [4.78, 5) is 11.7. The molecule has 0 heterocycles. The second-order valence-corrected chi connectivity index (χ2v) is 6.84. The fourth-order valence-electron chi connectivity index (χ4n) is 1.49. The summed E-state index contributed by atoms with van der Waals surface area (Å²) in [6.07, 6.45) is 1.65. The molecule has 20 heavy (non-hydrogen) atoms. The number of carbonyl (C=O) groups is 1. The summed E-state index contributed by atoms with van der Waals surface area (Å²) in [5.74, 6) is -0.748. The van der Waals surface area contributed by atoms with E-state index in [0.717, 1.165) is 12.8 Å². The molecule has 0 atom stereocenters. The number of rotatable bonds is 5. The number of nitrogens with one attached hydrogen (secondary N) is 1. The third kappa shape index (κ3) is 3.56. The van der Waals surface area contributed by atoms with E-state index < -0.39 is 16.0 Å². The van der Waals surface area contributed by atoms with Gasteiger partial charge in [-0.3, -0.25) is 0 Å². The van der Waals surface area contributed by atoms with Crippen LogP contribution in [-0.4, -0.2) is 27.0 Å². The van der Waals surface area contributed by atoms with Crippen molar-refractivity contribution in [2.24, 2.45) is 0 Å². The zero-order valence-corrected chi connectivity index (χ0v) is 12.7. The van der Waals surface area contributed by atoms with Gasteiger partial charge >= 0.3 is 5.97 Å². The zero-order chi connectivity index (χ0) is 14.8. The summed E-state index contributed by atoms with van der Waals surface area (Å²) in [6.45, 7) is -0.386. The lowest BCUT2D eigenvalue weighted by molar-refractivity contribution is 0.0553.